The highest BCUT2D eigenvalue weighted by molar-refractivity contribution is 14.2. The van der Waals surface area contributed by atoms with Crippen molar-refractivity contribution in [3.8, 4) is 0 Å². The SMILES string of the molecule is CC=CC(F)(F)c1cc(C2=C3C(=NC=I2)NC(=O)OC3CC)nc(N2C[C@@H]3[C@@H](N)[C@]3(N)C2)c1. The number of aliphatic imine (C=N–C) groups is 1. The molecule has 1 aromatic rings. The number of hydrogen-bond acceptors (Lipinski definition) is 7. The number of piperidine rings is 1. The first-order valence-corrected chi connectivity index (χ1v) is 13.1. The largest absolute Gasteiger partial charge is 0.441 e. The average Bonchev–Trinajstić information content (AvgIpc) is 3.10. The lowest BCUT2D eigenvalue weighted by Gasteiger charge is -2.30. The van der Waals surface area contributed by atoms with Gasteiger partial charge in [0.25, 0.3) is 5.92 Å². The maximum Gasteiger partial charge on any atom is 0.413 e. The number of nitrogens with two attached hydrogens (primary N) is 2. The Bertz CT molecular complexity index is 1150. The minimum Gasteiger partial charge on any atom is -0.441 e. The zero-order valence-corrected chi connectivity index (χ0v) is 20.3. The number of nitrogens with one attached hydrogen (secondary N) is 1. The number of amides is 1. The fourth-order valence-corrected chi connectivity index (χ4v) is 6.95. The second kappa shape index (κ2) is 7.91. The van der Waals surface area contributed by atoms with Gasteiger partial charge in [0, 0.05) is 34.2 Å². The molecule has 5 N–H and O–H groups in total. The molecule has 1 aliphatic carbocycles. The number of anilines is 1. The number of halogens is 3. The van der Waals surface area contributed by atoms with Gasteiger partial charge in [0.05, 0.1) is 20.9 Å². The van der Waals surface area contributed by atoms with Crippen molar-refractivity contribution in [1.82, 2.24) is 10.3 Å². The molecule has 3 fully saturated rings. The van der Waals surface area contributed by atoms with E-state index >= 15 is 8.78 Å². The molecule has 4 aliphatic rings. The van der Waals surface area contributed by atoms with Crippen LogP contribution in [0.15, 0.2) is 34.9 Å². The summed E-state index contributed by atoms with van der Waals surface area (Å²) in [7, 11) is 0. The van der Waals surface area contributed by atoms with Crippen LogP contribution in [-0.2, 0) is 10.7 Å². The summed E-state index contributed by atoms with van der Waals surface area (Å²) >= 11 is -0.778. The molecule has 1 aromatic heterocycles. The van der Waals surface area contributed by atoms with Crippen molar-refractivity contribution in [2.24, 2.45) is 22.4 Å². The van der Waals surface area contributed by atoms with Gasteiger partial charge in [-0.05, 0) is 31.6 Å². The predicted molar refractivity (Wildman–Crippen MR) is 132 cm³/mol. The molecule has 11 heteroatoms. The first kappa shape index (κ1) is 22.5. The zero-order valence-electron chi connectivity index (χ0n) is 18.2. The number of fused-ring (bicyclic) bond motifs is 2. The van der Waals surface area contributed by atoms with Crippen LogP contribution in [0.2, 0.25) is 0 Å². The highest BCUT2D eigenvalue weighted by Crippen LogP contribution is 2.48. The van der Waals surface area contributed by atoms with Gasteiger partial charge in [0.1, 0.15) is 17.8 Å². The number of carbonyl (C=O) groups is 1. The summed E-state index contributed by atoms with van der Waals surface area (Å²) in [6.07, 6.45) is 1.68. The average molecular weight is 570 g/mol. The second-order valence-electron chi connectivity index (χ2n) is 8.69. The summed E-state index contributed by atoms with van der Waals surface area (Å²) in [5.41, 5.74) is 13.0. The smallest absolute Gasteiger partial charge is 0.413 e. The van der Waals surface area contributed by atoms with E-state index in [2.05, 4.69) is 10.3 Å². The van der Waals surface area contributed by atoms with Gasteiger partial charge in [0.2, 0.25) is 0 Å². The van der Waals surface area contributed by atoms with Gasteiger partial charge in [-0.1, -0.05) is 33.7 Å². The Balaban J connectivity index is 1.63. The van der Waals surface area contributed by atoms with Crippen LogP contribution in [0.4, 0.5) is 19.4 Å². The van der Waals surface area contributed by atoms with Crippen molar-refractivity contribution < 1.29 is 18.3 Å². The van der Waals surface area contributed by atoms with Crippen molar-refractivity contribution in [2.45, 2.75) is 43.9 Å². The summed E-state index contributed by atoms with van der Waals surface area (Å²) in [6, 6.07) is 2.80. The van der Waals surface area contributed by atoms with Gasteiger partial charge < -0.3 is 21.1 Å². The molecule has 0 aromatic carbocycles. The number of nitrogens with zero attached hydrogens (tertiary/aromatic N) is 3. The zero-order chi connectivity index (χ0) is 23.5. The molecule has 4 heterocycles. The topological polar surface area (TPSA) is 119 Å². The minimum absolute atomic E-state index is 0.0725. The van der Waals surface area contributed by atoms with Crippen LogP contribution >= 0.6 is 20.7 Å². The summed E-state index contributed by atoms with van der Waals surface area (Å²) in [4.78, 5) is 23.0. The predicted octanol–water partition coefficient (Wildman–Crippen LogP) is 2.60. The number of alkyl halides is 2. The summed E-state index contributed by atoms with van der Waals surface area (Å²) in [5.74, 6) is -2.18. The molecule has 176 valence electrons. The van der Waals surface area contributed by atoms with Gasteiger partial charge in [-0.15, -0.1) is 0 Å². The quantitative estimate of drug-likeness (QED) is 0.370. The van der Waals surface area contributed by atoms with E-state index < -0.39 is 44.4 Å². The van der Waals surface area contributed by atoms with Crippen LogP contribution in [0.1, 0.15) is 31.5 Å². The van der Waals surface area contributed by atoms with E-state index in [9.17, 15) is 4.79 Å². The fraction of sp³-hybridized carbons (Fsp3) is 0.455. The maximum atomic E-state index is 15.0. The standard InChI is InChI=1S/C22H25F2IN6O2/c1-3-5-22(23,24)11-6-13(29-15(7-11)31-8-12-18(26)21(12,27)9-31)17-16-14(4-2)33-20(32)30-19(16)28-10-25-17/h3,5-7,10,12,14,18H,4,8-9,26-27H2,1-2H3,(H,28,30,32)/t12-,14?,18-,21+/m1/s1. The number of aromatic nitrogens is 1. The molecular weight excluding hydrogens is 545 g/mol. The molecule has 0 bridgehead atoms. The molecule has 1 unspecified atom stereocenters. The summed E-state index contributed by atoms with van der Waals surface area (Å²) < 4.78 is 38.1. The molecule has 0 radical (unpaired) electrons. The van der Waals surface area contributed by atoms with E-state index in [-0.39, 0.29) is 17.5 Å². The number of allylic oxidation sites excluding steroid dienone is 2. The van der Waals surface area contributed by atoms with E-state index in [0.717, 1.165) is 15.2 Å². The Morgan fingerprint density at radius 2 is 2.24 bits per heavy atom. The van der Waals surface area contributed by atoms with Crippen molar-refractivity contribution in [3.63, 3.8) is 0 Å². The van der Waals surface area contributed by atoms with E-state index in [1.807, 2.05) is 11.8 Å². The first-order chi connectivity index (χ1) is 15.7. The number of cyclic esters (lactones) is 1. The molecule has 5 rings (SSSR count). The van der Waals surface area contributed by atoms with Gasteiger partial charge in [0.15, 0.2) is 0 Å². The molecule has 4 atom stereocenters. The van der Waals surface area contributed by atoms with Crippen LogP contribution in [-0.4, -0.2) is 51.8 Å². The molecule has 0 spiro atoms. The molecule has 3 aliphatic heterocycles. The van der Waals surface area contributed by atoms with Crippen molar-refractivity contribution in [3.05, 3.63) is 41.1 Å². The summed E-state index contributed by atoms with van der Waals surface area (Å²) in [5, 5.41) is 2.63. The second-order valence-corrected chi connectivity index (χ2v) is 10.9. The van der Waals surface area contributed by atoms with E-state index in [1.54, 1.807) is 11.1 Å². The molecule has 8 nitrogen and oxygen atoms in total. The highest BCUT2D eigenvalue weighted by Gasteiger charge is 2.65. The van der Waals surface area contributed by atoms with Gasteiger partial charge in [-0.25, -0.2) is 14.8 Å². The van der Waals surface area contributed by atoms with E-state index in [0.29, 0.717) is 36.9 Å². The number of rotatable bonds is 5. The van der Waals surface area contributed by atoms with Crippen LogP contribution in [0.5, 0.6) is 0 Å². The van der Waals surface area contributed by atoms with Gasteiger partial charge in [-0.3, -0.25) is 5.32 Å². The van der Waals surface area contributed by atoms with E-state index in [1.165, 1.54) is 18.2 Å². The number of alkyl carbamates (subject to hydrolysis) is 1. The lowest BCUT2D eigenvalue weighted by atomic mass is 10.0. The number of pyridine rings is 1. The molecule has 33 heavy (non-hydrogen) atoms. The lowest BCUT2D eigenvalue weighted by Crippen LogP contribution is -2.45. The van der Waals surface area contributed by atoms with Crippen LogP contribution < -0.4 is 21.7 Å². The number of ether oxygens (including phenoxy) is 1. The highest BCUT2D eigenvalue weighted by atomic mass is 127. The Morgan fingerprint density at radius 1 is 1.45 bits per heavy atom. The van der Waals surface area contributed by atoms with Crippen molar-refractivity contribution >= 4 is 46.2 Å². The Morgan fingerprint density at radius 3 is 2.91 bits per heavy atom. The van der Waals surface area contributed by atoms with Crippen LogP contribution in [0.25, 0.3) is 3.58 Å². The van der Waals surface area contributed by atoms with Gasteiger partial charge in [-0.2, -0.15) is 8.78 Å². The number of amidine groups is 1. The number of carbonyl (C=O) groups excluding carboxylic acids is 1. The molecule has 2 saturated heterocycles. The summed E-state index contributed by atoms with van der Waals surface area (Å²) in [6.45, 7) is 4.52. The molecular formula is C22H25F2IN6O2. The van der Waals surface area contributed by atoms with Crippen LogP contribution in [0, 0.1) is 5.92 Å². The van der Waals surface area contributed by atoms with E-state index in [4.69, 9.17) is 21.2 Å². The first-order valence-electron chi connectivity index (χ1n) is 10.8. The number of hydrogen-bond donors (Lipinski definition) is 3. The van der Waals surface area contributed by atoms with Crippen molar-refractivity contribution in [1.29, 1.82) is 0 Å². The third-order valence-electron chi connectivity index (χ3n) is 6.63. The Kier molecular flexibility index (Phi) is 5.40. The van der Waals surface area contributed by atoms with Crippen LogP contribution in [0.3, 0.4) is 0 Å². The third-order valence-corrected chi connectivity index (χ3v) is 8.94. The third kappa shape index (κ3) is 3.69. The Hall–Kier alpha value is -2.25. The molecule has 1 saturated carbocycles. The monoisotopic (exact) mass is 570 g/mol. The normalized spacial score (nSPS) is 31.0. The van der Waals surface area contributed by atoms with Gasteiger partial charge >= 0.3 is 6.09 Å². The lowest BCUT2D eigenvalue weighted by molar-refractivity contribution is 0.0519. The fourth-order valence-electron chi connectivity index (χ4n) is 4.72. The Labute approximate surface area is 199 Å². The molecule has 1 amide bonds. The van der Waals surface area contributed by atoms with Crippen molar-refractivity contribution in [2.75, 3.05) is 18.0 Å². The maximum absolute atomic E-state index is 15.0. The minimum atomic E-state index is -3.17.